The van der Waals surface area contributed by atoms with Crippen LogP contribution in [0, 0.1) is 11.8 Å². The zero-order chi connectivity index (χ0) is 20.0. The number of carbonyl (C=O) groups excluding carboxylic acids is 1. The molecule has 0 aromatic heterocycles. The second-order valence-corrected chi connectivity index (χ2v) is 8.79. The number of hydrogen-bond acceptors (Lipinski definition) is 4. The van der Waals surface area contributed by atoms with E-state index in [0.717, 1.165) is 12.0 Å². The summed E-state index contributed by atoms with van der Waals surface area (Å²) in [5.41, 5.74) is 0.799. The van der Waals surface area contributed by atoms with Gasteiger partial charge in [-0.1, -0.05) is 32.4 Å². The summed E-state index contributed by atoms with van der Waals surface area (Å²) in [5.74, 6) is -1.69. The fourth-order valence-electron chi connectivity index (χ4n) is 3.48. The average Bonchev–Trinajstić information content (AvgIpc) is 2.67. The number of nitrogens with one attached hydrogen (secondary N) is 1. The minimum absolute atomic E-state index is 0.138. The van der Waals surface area contributed by atoms with Gasteiger partial charge in [0.15, 0.2) is 0 Å². The molecule has 1 amide bonds. The fourth-order valence-corrected chi connectivity index (χ4v) is 4.94. The zero-order valence-electron chi connectivity index (χ0n) is 15.8. The van der Waals surface area contributed by atoms with Crippen LogP contribution in [0.1, 0.15) is 45.1 Å². The predicted octanol–water partition coefficient (Wildman–Crippen LogP) is 2.22. The van der Waals surface area contributed by atoms with E-state index in [-0.39, 0.29) is 16.7 Å². The molecule has 1 fully saturated rings. The van der Waals surface area contributed by atoms with Gasteiger partial charge in [0.2, 0.25) is 15.9 Å². The summed E-state index contributed by atoms with van der Waals surface area (Å²) in [7, 11) is -3.49. The quantitative estimate of drug-likeness (QED) is 0.701. The second-order valence-electron chi connectivity index (χ2n) is 6.85. The first kappa shape index (κ1) is 21.4. The summed E-state index contributed by atoms with van der Waals surface area (Å²) in [5, 5.41) is 12.0. The van der Waals surface area contributed by atoms with Crippen molar-refractivity contribution in [2.24, 2.45) is 11.8 Å². The monoisotopic (exact) mass is 396 g/mol. The van der Waals surface area contributed by atoms with E-state index in [1.165, 1.54) is 4.31 Å². The Morgan fingerprint density at radius 1 is 1.11 bits per heavy atom. The summed E-state index contributed by atoms with van der Waals surface area (Å²) in [6.07, 6.45) is 2.45. The van der Waals surface area contributed by atoms with Crippen LogP contribution in [0.25, 0.3) is 0 Å². The first-order chi connectivity index (χ1) is 12.8. The number of nitrogens with zero attached hydrogens (tertiary/aromatic N) is 1. The van der Waals surface area contributed by atoms with Gasteiger partial charge in [-0.15, -0.1) is 0 Å². The van der Waals surface area contributed by atoms with E-state index in [2.05, 4.69) is 5.32 Å². The van der Waals surface area contributed by atoms with Gasteiger partial charge >= 0.3 is 5.97 Å². The summed E-state index contributed by atoms with van der Waals surface area (Å²) < 4.78 is 26.3. The van der Waals surface area contributed by atoms with Crippen LogP contribution in [-0.4, -0.2) is 42.8 Å². The summed E-state index contributed by atoms with van der Waals surface area (Å²) in [4.78, 5) is 23.7. The minimum Gasteiger partial charge on any atom is -0.481 e. The van der Waals surface area contributed by atoms with Gasteiger partial charge in [-0.3, -0.25) is 9.59 Å². The number of hydrogen-bond donors (Lipinski definition) is 2. The highest BCUT2D eigenvalue weighted by Crippen LogP contribution is 2.29. The molecule has 0 heterocycles. The van der Waals surface area contributed by atoms with E-state index in [9.17, 15) is 18.0 Å². The average molecular weight is 397 g/mol. The van der Waals surface area contributed by atoms with Gasteiger partial charge in [0.1, 0.15) is 0 Å². The summed E-state index contributed by atoms with van der Waals surface area (Å²) >= 11 is 0. The SMILES string of the molecule is CCN(CC)S(=O)(=O)c1ccc(CNC(=O)C2CCCC(C(=O)O)C2)cc1. The zero-order valence-corrected chi connectivity index (χ0v) is 16.7. The van der Waals surface area contributed by atoms with Crippen LogP contribution >= 0.6 is 0 Å². The Kier molecular flexibility index (Phi) is 7.38. The Morgan fingerprint density at radius 2 is 1.70 bits per heavy atom. The molecule has 0 radical (unpaired) electrons. The van der Waals surface area contributed by atoms with Gasteiger partial charge in [0, 0.05) is 25.6 Å². The fraction of sp³-hybridized carbons (Fsp3) is 0.579. The third-order valence-corrected chi connectivity index (χ3v) is 7.19. The maximum Gasteiger partial charge on any atom is 0.306 e. The molecule has 1 aliphatic rings. The predicted molar refractivity (Wildman–Crippen MR) is 101 cm³/mol. The molecule has 1 aromatic carbocycles. The van der Waals surface area contributed by atoms with Crippen LogP contribution in [-0.2, 0) is 26.2 Å². The number of benzene rings is 1. The van der Waals surface area contributed by atoms with Gasteiger partial charge in [-0.05, 0) is 37.0 Å². The van der Waals surface area contributed by atoms with Crippen LogP contribution in [0.15, 0.2) is 29.2 Å². The normalized spacial score (nSPS) is 20.4. The molecule has 1 aromatic rings. The number of carbonyl (C=O) groups is 2. The molecule has 27 heavy (non-hydrogen) atoms. The van der Waals surface area contributed by atoms with Gasteiger partial charge in [-0.2, -0.15) is 4.31 Å². The number of amides is 1. The lowest BCUT2D eigenvalue weighted by atomic mass is 9.81. The maximum absolute atomic E-state index is 12.5. The third-order valence-electron chi connectivity index (χ3n) is 5.13. The number of carboxylic acid groups (broad SMARTS) is 1. The molecular formula is C19H28N2O5S. The maximum atomic E-state index is 12.5. The molecular weight excluding hydrogens is 368 g/mol. The molecule has 150 valence electrons. The molecule has 0 aliphatic heterocycles. The molecule has 2 rings (SSSR count). The highest BCUT2D eigenvalue weighted by Gasteiger charge is 2.30. The van der Waals surface area contributed by atoms with E-state index in [1.807, 2.05) is 0 Å². The number of carboxylic acids is 1. The third kappa shape index (κ3) is 5.29. The Labute approximate surface area is 160 Å². The topological polar surface area (TPSA) is 104 Å². The Morgan fingerprint density at radius 3 is 2.26 bits per heavy atom. The molecule has 0 saturated heterocycles. The lowest BCUT2D eigenvalue weighted by molar-refractivity contribution is -0.144. The second kappa shape index (κ2) is 9.32. The lowest BCUT2D eigenvalue weighted by Gasteiger charge is -2.25. The van der Waals surface area contributed by atoms with Crippen LogP contribution in [0.5, 0.6) is 0 Å². The molecule has 0 bridgehead atoms. The molecule has 0 spiro atoms. The van der Waals surface area contributed by atoms with Crippen LogP contribution < -0.4 is 5.32 Å². The van der Waals surface area contributed by atoms with Crippen molar-refractivity contribution in [2.75, 3.05) is 13.1 Å². The molecule has 1 saturated carbocycles. The van der Waals surface area contributed by atoms with E-state index >= 15 is 0 Å². The van der Waals surface area contributed by atoms with Crippen LogP contribution in [0.4, 0.5) is 0 Å². The van der Waals surface area contributed by atoms with Crippen molar-refractivity contribution in [1.29, 1.82) is 0 Å². The van der Waals surface area contributed by atoms with Crippen molar-refractivity contribution in [3.8, 4) is 0 Å². The summed E-state index contributed by atoms with van der Waals surface area (Å²) in [6, 6.07) is 6.49. The van der Waals surface area contributed by atoms with Crippen molar-refractivity contribution in [3.05, 3.63) is 29.8 Å². The van der Waals surface area contributed by atoms with Gasteiger partial charge in [0.05, 0.1) is 10.8 Å². The molecule has 2 unspecified atom stereocenters. The Hall–Kier alpha value is -1.93. The lowest BCUT2D eigenvalue weighted by Crippen LogP contribution is -2.35. The molecule has 2 atom stereocenters. The van der Waals surface area contributed by atoms with Crippen LogP contribution in [0.2, 0.25) is 0 Å². The highest BCUT2D eigenvalue weighted by molar-refractivity contribution is 7.89. The van der Waals surface area contributed by atoms with Crippen LogP contribution in [0.3, 0.4) is 0 Å². The van der Waals surface area contributed by atoms with E-state index in [0.29, 0.717) is 38.9 Å². The van der Waals surface area contributed by atoms with E-state index < -0.39 is 21.9 Å². The van der Waals surface area contributed by atoms with Crippen molar-refractivity contribution >= 4 is 21.9 Å². The number of sulfonamides is 1. The van der Waals surface area contributed by atoms with Crippen molar-refractivity contribution in [1.82, 2.24) is 9.62 Å². The van der Waals surface area contributed by atoms with Gasteiger partial charge in [-0.25, -0.2) is 8.42 Å². The number of aliphatic carboxylic acids is 1. The van der Waals surface area contributed by atoms with Gasteiger partial charge < -0.3 is 10.4 Å². The summed E-state index contributed by atoms with van der Waals surface area (Å²) in [6.45, 7) is 4.71. The van der Waals surface area contributed by atoms with E-state index in [1.54, 1.807) is 38.1 Å². The Balaban J connectivity index is 1.95. The number of rotatable bonds is 8. The highest BCUT2D eigenvalue weighted by atomic mass is 32.2. The van der Waals surface area contributed by atoms with Crippen molar-refractivity contribution in [3.63, 3.8) is 0 Å². The van der Waals surface area contributed by atoms with E-state index in [4.69, 9.17) is 5.11 Å². The molecule has 7 nitrogen and oxygen atoms in total. The van der Waals surface area contributed by atoms with Gasteiger partial charge in [0.25, 0.3) is 0 Å². The smallest absolute Gasteiger partial charge is 0.306 e. The van der Waals surface area contributed by atoms with Crippen molar-refractivity contribution in [2.45, 2.75) is 51.0 Å². The molecule has 1 aliphatic carbocycles. The first-order valence-corrected chi connectivity index (χ1v) is 10.8. The molecule has 2 N–H and O–H groups in total. The molecule has 8 heteroatoms. The van der Waals surface area contributed by atoms with Crippen molar-refractivity contribution < 1.29 is 23.1 Å². The largest absolute Gasteiger partial charge is 0.481 e. The Bertz CT molecular complexity index is 757. The first-order valence-electron chi connectivity index (χ1n) is 9.39. The standard InChI is InChI=1S/C19H28N2O5S/c1-3-21(4-2)27(25,26)17-10-8-14(9-11-17)13-20-18(22)15-6-5-7-16(12-15)19(23)24/h8-11,15-16H,3-7,12-13H2,1-2H3,(H,20,22)(H,23,24). The minimum atomic E-state index is -3.49.